The van der Waals surface area contributed by atoms with Crippen LogP contribution in [0.4, 0.5) is 5.82 Å². The van der Waals surface area contributed by atoms with Gasteiger partial charge in [0.15, 0.2) is 0 Å². The second kappa shape index (κ2) is 9.15. The largest absolute Gasteiger partial charge is 0.381 e. The molecule has 0 atom stereocenters. The number of aromatic amines is 1. The molecule has 2 N–H and O–H groups in total. The molecule has 0 radical (unpaired) electrons. The van der Waals surface area contributed by atoms with Crippen LogP contribution in [0.3, 0.4) is 0 Å². The molecule has 0 saturated carbocycles. The second-order valence-electron chi connectivity index (χ2n) is 8.89. The van der Waals surface area contributed by atoms with Gasteiger partial charge in [-0.15, -0.1) is 0 Å². The van der Waals surface area contributed by atoms with Gasteiger partial charge in [-0.2, -0.15) is 0 Å². The smallest absolute Gasteiger partial charge is 0.138 e. The zero-order chi connectivity index (χ0) is 21.2. The van der Waals surface area contributed by atoms with Crippen molar-refractivity contribution in [2.24, 2.45) is 5.92 Å². The summed E-state index contributed by atoms with van der Waals surface area (Å²) >= 11 is 6.61. The predicted octanol–water partition coefficient (Wildman–Crippen LogP) is 4.93. The standard InChI is InChI=1S/C24H30ClN5O/c1-30-10-5-17(6-11-30)21-14-19-18(4-9-26-24(19)28-21)23-20(25)2-3-22(29-23)27-15-16-7-12-31-13-8-16/h2-4,9,14,16-17H,5-8,10-13,15H2,1H3,(H,26,28)(H,27,29). The highest BCUT2D eigenvalue weighted by Crippen LogP contribution is 2.35. The van der Waals surface area contributed by atoms with Crippen LogP contribution in [0.1, 0.15) is 37.3 Å². The van der Waals surface area contributed by atoms with Crippen molar-refractivity contribution in [3.05, 3.63) is 41.2 Å². The number of nitrogens with one attached hydrogen (secondary N) is 2. The molecule has 0 amide bonds. The summed E-state index contributed by atoms with van der Waals surface area (Å²) in [5.74, 6) is 2.04. The highest BCUT2D eigenvalue weighted by molar-refractivity contribution is 6.33. The van der Waals surface area contributed by atoms with Crippen LogP contribution in [0.25, 0.3) is 22.3 Å². The Morgan fingerprint density at radius 2 is 1.97 bits per heavy atom. The highest BCUT2D eigenvalue weighted by Gasteiger charge is 2.22. The number of aromatic nitrogens is 3. The summed E-state index contributed by atoms with van der Waals surface area (Å²) in [6.45, 7) is 4.89. The maximum atomic E-state index is 6.61. The third-order valence-corrected chi connectivity index (χ3v) is 7.03. The van der Waals surface area contributed by atoms with Gasteiger partial charge in [0.05, 0.1) is 10.7 Å². The van der Waals surface area contributed by atoms with Gasteiger partial charge in [-0.3, -0.25) is 0 Å². The molecule has 3 aromatic rings. The van der Waals surface area contributed by atoms with Gasteiger partial charge in [0, 0.05) is 48.5 Å². The fourth-order valence-electron chi connectivity index (χ4n) is 4.72. The molecule has 3 aromatic heterocycles. The first-order valence-corrected chi connectivity index (χ1v) is 11.7. The van der Waals surface area contributed by atoms with Crippen molar-refractivity contribution >= 4 is 28.5 Å². The quantitative estimate of drug-likeness (QED) is 0.590. The summed E-state index contributed by atoms with van der Waals surface area (Å²) in [4.78, 5) is 15.4. The Balaban J connectivity index is 1.41. The zero-order valence-electron chi connectivity index (χ0n) is 18.0. The lowest BCUT2D eigenvalue weighted by Crippen LogP contribution is -2.29. The van der Waals surface area contributed by atoms with Crippen molar-refractivity contribution in [3.63, 3.8) is 0 Å². The Morgan fingerprint density at radius 1 is 1.16 bits per heavy atom. The topological polar surface area (TPSA) is 66.1 Å². The molecular formula is C24H30ClN5O. The molecule has 2 aliphatic heterocycles. The van der Waals surface area contributed by atoms with Gasteiger partial charge in [0.2, 0.25) is 0 Å². The van der Waals surface area contributed by atoms with E-state index in [1.165, 1.54) is 18.5 Å². The lowest BCUT2D eigenvalue weighted by atomic mass is 9.93. The fraction of sp³-hybridized carbons (Fsp3) is 0.500. The molecule has 2 fully saturated rings. The summed E-state index contributed by atoms with van der Waals surface area (Å²) in [5, 5.41) is 5.26. The number of hydrogen-bond donors (Lipinski definition) is 2. The molecule has 2 saturated heterocycles. The Bertz CT molecular complexity index is 1040. The number of likely N-dealkylation sites (tertiary alicyclic amines) is 1. The molecule has 6 nitrogen and oxygen atoms in total. The van der Waals surface area contributed by atoms with Crippen LogP contribution in [-0.4, -0.2) is 59.7 Å². The third-order valence-electron chi connectivity index (χ3n) is 6.72. The van der Waals surface area contributed by atoms with Crippen molar-refractivity contribution in [1.29, 1.82) is 0 Å². The number of hydrogen-bond acceptors (Lipinski definition) is 5. The molecule has 5 heterocycles. The monoisotopic (exact) mass is 439 g/mol. The molecule has 0 aliphatic carbocycles. The number of ether oxygens (including phenoxy) is 1. The van der Waals surface area contributed by atoms with Gasteiger partial charge in [-0.05, 0) is 76.0 Å². The lowest BCUT2D eigenvalue weighted by Gasteiger charge is -2.28. The molecule has 0 unspecified atom stereocenters. The van der Waals surface area contributed by atoms with Gasteiger partial charge >= 0.3 is 0 Å². The number of rotatable bonds is 5. The number of pyridine rings is 2. The average molecular weight is 440 g/mol. The second-order valence-corrected chi connectivity index (χ2v) is 9.29. The Labute approximate surface area is 188 Å². The summed E-state index contributed by atoms with van der Waals surface area (Å²) < 4.78 is 5.46. The van der Waals surface area contributed by atoms with Gasteiger partial charge in [0.1, 0.15) is 11.5 Å². The van der Waals surface area contributed by atoms with E-state index in [9.17, 15) is 0 Å². The molecular weight excluding hydrogens is 410 g/mol. The molecule has 5 rings (SSSR count). The van der Waals surface area contributed by atoms with Crippen LogP contribution >= 0.6 is 11.6 Å². The van der Waals surface area contributed by atoms with Gasteiger partial charge < -0.3 is 19.9 Å². The molecule has 31 heavy (non-hydrogen) atoms. The van der Waals surface area contributed by atoms with Crippen molar-refractivity contribution < 1.29 is 4.74 Å². The maximum Gasteiger partial charge on any atom is 0.138 e. The summed E-state index contributed by atoms with van der Waals surface area (Å²) in [6.07, 6.45) is 6.38. The number of anilines is 1. The maximum absolute atomic E-state index is 6.61. The minimum absolute atomic E-state index is 0.550. The van der Waals surface area contributed by atoms with Gasteiger partial charge in [-0.25, -0.2) is 9.97 Å². The number of fused-ring (bicyclic) bond motifs is 1. The molecule has 0 aromatic carbocycles. The van der Waals surface area contributed by atoms with E-state index in [4.69, 9.17) is 21.3 Å². The van der Waals surface area contributed by atoms with E-state index in [0.29, 0.717) is 16.9 Å². The first-order valence-electron chi connectivity index (χ1n) is 11.3. The number of piperidine rings is 1. The first-order chi connectivity index (χ1) is 15.2. The summed E-state index contributed by atoms with van der Waals surface area (Å²) in [5.41, 5.74) is 4.01. The van der Waals surface area contributed by atoms with Gasteiger partial charge in [-0.1, -0.05) is 11.6 Å². The van der Waals surface area contributed by atoms with E-state index in [0.717, 1.165) is 73.8 Å². The Morgan fingerprint density at radius 3 is 2.77 bits per heavy atom. The van der Waals surface area contributed by atoms with E-state index in [2.05, 4.69) is 33.3 Å². The number of H-pyrrole nitrogens is 1. The van der Waals surface area contributed by atoms with Crippen LogP contribution in [0.2, 0.25) is 5.02 Å². The summed E-state index contributed by atoms with van der Waals surface area (Å²) in [7, 11) is 2.19. The van der Waals surface area contributed by atoms with Crippen molar-refractivity contribution in [2.45, 2.75) is 31.6 Å². The van der Waals surface area contributed by atoms with E-state index in [1.54, 1.807) is 0 Å². The van der Waals surface area contributed by atoms with Crippen molar-refractivity contribution in [2.75, 3.05) is 45.2 Å². The van der Waals surface area contributed by atoms with E-state index >= 15 is 0 Å². The lowest BCUT2D eigenvalue weighted by molar-refractivity contribution is 0.0699. The summed E-state index contributed by atoms with van der Waals surface area (Å²) in [6, 6.07) is 8.18. The normalized spacial score (nSPS) is 19.2. The zero-order valence-corrected chi connectivity index (χ0v) is 18.8. The fourth-order valence-corrected chi connectivity index (χ4v) is 4.93. The van der Waals surface area contributed by atoms with Crippen LogP contribution < -0.4 is 5.32 Å². The van der Waals surface area contributed by atoms with Crippen LogP contribution in [-0.2, 0) is 4.74 Å². The Hall–Kier alpha value is -2.15. The highest BCUT2D eigenvalue weighted by atomic mass is 35.5. The van der Waals surface area contributed by atoms with Gasteiger partial charge in [0.25, 0.3) is 0 Å². The van der Waals surface area contributed by atoms with Crippen LogP contribution in [0.5, 0.6) is 0 Å². The van der Waals surface area contributed by atoms with Crippen molar-refractivity contribution in [3.8, 4) is 11.3 Å². The first kappa shape index (κ1) is 20.7. The van der Waals surface area contributed by atoms with Crippen LogP contribution in [0.15, 0.2) is 30.5 Å². The van der Waals surface area contributed by atoms with Crippen molar-refractivity contribution in [1.82, 2.24) is 19.9 Å². The predicted molar refractivity (Wildman–Crippen MR) is 126 cm³/mol. The van der Waals surface area contributed by atoms with E-state index in [1.807, 2.05) is 24.4 Å². The number of halogens is 1. The third kappa shape index (κ3) is 4.56. The SMILES string of the molecule is CN1CCC(c2cc3c(-c4nc(NCC5CCOCC5)ccc4Cl)ccnc3[nH]2)CC1. The van der Waals surface area contributed by atoms with E-state index < -0.39 is 0 Å². The molecule has 164 valence electrons. The minimum Gasteiger partial charge on any atom is -0.381 e. The molecule has 2 aliphatic rings. The Kier molecular flexibility index (Phi) is 6.12. The molecule has 0 spiro atoms. The van der Waals surface area contributed by atoms with E-state index in [-0.39, 0.29) is 0 Å². The minimum atomic E-state index is 0.550. The molecule has 0 bridgehead atoms. The molecule has 7 heteroatoms. The van der Waals surface area contributed by atoms with Crippen LogP contribution in [0, 0.1) is 5.92 Å². The average Bonchev–Trinajstić information content (AvgIpc) is 3.24. The number of nitrogens with zero attached hydrogens (tertiary/aromatic N) is 3.